The lowest BCUT2D eigenvalue weighted by Crippen LogP contribution is -1.79. The van der Waals surface area contributed by atoms with Crippen molar-refractivity contribution in [3.8, 4) is 0 Å². The summed E-state index contributed by atoms with van der Waals surface area (Å²) in [5.41, 5.74) is 2.97. The van der Waals surface area contributed by atoms with Gasteiger partial charge in [0.1, 0.15) is 0 Å². The second-order valence-corrected chi connectivity index (χ2v) is 4.04. The Morgan fingerprint density at radius 1 is 1.00 bits per heavy atom. The first-order chi connectivity index (χ1) is 7.20. The fraction of sp³-hybridized carbons (Fsp3) is 0.533. The van der Waals surface area contributed by atoms with Crippen LogP contribution in [0.15, 0.2) is 35.5 Å². The minimum absolute atomic E-state index is 0.913. The molecule has 0 unspecified atom stereocenters. The summed E-state index contributed by atoms with van der Waals surface area (Å²) in [6, 6.07) is 0. The van der Waals surface area contributed by atoms with E-state index in [0.717, 1.165) is 6.42 Å². The summed E-state index contributed by atoms with van der Waals surface area (Å²) in [6.45, 7) is 10.3. The molecule has 0 aliphatic rings. The van der Waals surface area contributed by atoms with Crippen LogP contribution in [0.4, 0.5) is 0 Å². The smallest absolute Gasteiger partial charge is 0.0288 e. The third-order valence-electron chi connectivity index (χ3n) is 2.47. The Kier molecular flexibility index (Phi) is 9.26. The lowest BCUT2D eigenvalue weighted by molar-refractivity contribution is 0.918. The maximum absolute atomic E-state index is 3.82. The highest BCUT2D eigenvalue weighted by Gasteiger charge is 1.90. The van der Waals surface area contributed by atoms with Gasteiger partial charge in [-0.25, -0.2) is 0 Å². The molecule has 0 rings (SSSR count). The zero-order valence-electron chi connectivity index (χ0n) is 10.6. The number of allylic oxidation sites excluding steroid dienone is 6. The number of hydrogen-bond donors (Lipinski definition) is 0. The van der Waals surface area contributed by atoms with E-state index in [0.29, 0.717) is 0 Å². The van der Waals surface area contributed by atoms with Crippen molar-refractivity contribution in [2.45, 2.75) is 52.9 Å². The molecule has 0 saturated heterocycles. The zero-order chi connectivity index (χ0) is 11.5. The van der Waals surface area contributed by atoms with Crippen molar-refractivity contribution in [3.63, 3.8) is 0 Å². The maximum Gasteiger partial charge on any atom is -0.0288 e. The molecule has 0 atom stereocenters. The Hall–Kier alpha value is -0.780. The predicted octanol–water partition coefficient (Wildman–Crippen LogP) is 5.24. The minimum atomic E-state index is 0.913. The van der Waals surface area contributed by atoms with E-state index in [2.05, 4.69) is 52.0 Å². The van der Waals surface area contributed by atoms with Crippen LogP contribution in [0.3, 0.4) is 0 Å². The average molecular weight is 205 g/mol. The van der Waals surface area contributed by atoms with Crippen LogP contribution in [0.5, 0.6) is 0 Å². The predicted molar refractivity (Wildman–Crippen MR) is 70.8 cm³/mol. The van der Waals surface area contributed by atoms with Crippen molar-refractivity contribution >= 4 is 0 Å². The van der Waals surface area contributed by atoms with E-state index in [9.17, 15) is 0 Å². The Morgan fingerprint density at radius 2 is 1.60 bits per heavy atom. The normalized spacial score (nSPS) is 13.9. The summed E-state index contributed by atoms with van der Waals surface area (Å²) >= 11 is 0. The van der Waals surface area contributed by atoms with Crippen LogP contribution in [0.25, 0.3) is 0 Å². The first-order valence-electron chi connectivity index (χ1n) is 5.92. The molecule has 0 heterocycles. The molecule has 0 amide bonds. The van der Waals surface area contributed by atoms with Gasteiger partial charge < -0.3 is 0 Å². The molecule has 85 valence electrons. The first-order valence-corrected chi connectivity index (χ1v) is 5.92. The number of hydrogen-bond acceptors (Lipinski definition) is 0. The van der Waals surface area contributed by atoms with Crippen LogP contribution in [0.1, 0.15) is 52.9 Å². The minimum Gasteiger partial charge on any atom is -0.0917 e. The maximum atomic E-state index is 3.82. The van der Waals surface area contributed by atoms with Crippen LogP contribution in [0.2, 0.25) is 0 Å². The van der Waals surface area contributed by atoms with Gasteiger partial charge in [-0.3, -0.25) is 0 Å². The fourth-order valence-corrected chi connectivity index (χ4v) is 1.47. The summed E-state index contributed by atoms with van der Waals surface area (Å²) < 4.78 is 0. The number of rotatable bonds is 7. The van der Waals surface area contributed by atoms with E-state index in [-0.39, 0.29) is 0 Å². The van der Waals surface area contributed by atoms with Gasteiger partial charge in [-0.1, -0.05) is 35.5 Å². The van der Waals surface area contributed by atoms with Gasteiger partial charge in [0, 0.05) is 0 Å². The largest absolute Gasteiger partial charge is 0.0917 e. The zero-order valence-corrected chi connectivity index (χ0v) is 10.6. The van der Waals surface area contributed by atoms with E-state index in [1.807, 2.05) is 0 Å². The first kappa shape index (κ1) is 14.2. The van der Waals surface area contributed by atoms with Crippen molar-refractivity contribution in [2.24, 2.45) is 0 Å². The highest BCUT2D eigenvalue weighted by Crippen LogP contribution is 2.10. The molecule has 0 aromatic carbocycles. The molecule has 0 aromatic rings. The SMILES string of the molecule is [CH2]CC=C(C)CCC=C(C)CCC=CC. The molecule has 0 N–H and O–H groups in total. The topological polar surface area (TPSA) is 0 Å². The second kappa shape index (κ2) is 9.76. The van der Waals surface area contributed by atoms with Gasteiger partial charge in [0.05, 0.1) is 0 Å². The van der Waals surface area contributed by atoms with Crippen molar-refractivity contribution in [2.75, 3.05) is 0 Å². The van der Waals surface area contributed by atoms with Crippen LogP contribution in [-0.4, -0.2) is 0 Å². The molecule has 0 aliphatic carbocycles. The average Bonchev–Trinajstić information content (AvgIpc) is 2.18. The van der Waals surface area contributed by atoms with Crippen molar-refractivity contribution < 1.29 is 0 Å². The lowest BCUT2D eigenvalue weighted by Gasteiger charge is -2.00. The van der Waals surface area contributed by atoms with Gasteiger partial charge in [0.25, 0.3) is 0 Å². The van der Waals surface area contributed by atoms with Gasteiger partial charge in [-0.15, -0.1) is 0 Å². The second-order valence-electron chi connectivity index (χ2n) is 4.04. The summed E-state index contributed by atoms with van der Waals surface area (Å²) in [5.74, 6) is 0. The quantitative estimate of drug-likeness (QED) is 0.499. The molecule has 0 nitrogen and oxygen atoms in total. The van der Waals surface area contributed by atoms with Crippen LogP contribution >= 0.6 is 0 Å². The van der Waals surface area contributed by atoms with E-state index >= 15 is 0 Å². The Balaban J connectivity index is 3.71. The Bertz CT molecular complexity index is 228. The molecular weight excluding hydrogens is 180 g/mol. The van der Waals surface area contributed by atoms with E-state index in [1.54, 1.807) is 0 Å². The van der Waals surface area contributed by atoms with Gasteiger partial charge >= 0.3 is 0 Å². The fourth-order valence-electron chi connectivity index (χ4n) is 1.47. The lowest BCUT2D eigenvalue weighted by atomic mass is 10.1. The molecule has 0 heteroatoms. The van der Waals surface area contributed by atoms with E-state index < -0.39 is 0 Å². The summed E-state index contributed by atoms with van der Waals surface area (Å²) in [7, 11) is 0. The standard InChI is InChI=1S/C15H25/c1-5-7-8-11-15(4)13-9-12-14(3)10-6-2/h5,7,10,13H,2,6,8-9,11-12H2,1,3-4H3. The molecule has 0 bridgehead atoms. The third kappa shape index (κ3) is 9.52. The molecule has 15 heavy (non-hydrogen) atoms. The van der Waals surface area contributed by atoms with E-state index in [1.165, 1.54) is 36.8 Å². The van der Waals surface area contributed by atoms with Crippen molar-refractivity contribution in [1.29, 1.82) is 0 Å². The molecule has 0 spiro atoms. The molecule has 0 aromatic heterocycles. The van der Waals surface area contributed by atoms with Crippen LogP contribution < -0.4 is 0 Å². The molecule has 1 radical (unpaired) electrons. The van der Waals surface area contributed by atoms with Gasteiger partial charge in [-0.05, 0) is 59.8 Å². The van der Waals surface area contributed by atoms with Gasteiger partial charge in [-0.2, -0.15) is 0 Å². The van der Waals surface area contributed by atoms with Gasteiger partial charge in [0.15, 0.2) is 0 Å². The molecule has 0 aliphatic heterocycles. The summed E-state index contributed by atoms with van der Waals surface area (Å²) in [6.07, 6.45) is 14.6. The van der Waals surface area contributed by atoms with Crippen molar-refractivity contribution in [3.05, 3.63) is 42.4 Å². The summed E-state index contributed by atoms with van der Waals surface area (Å²) in [4.78, 5) is 0. The highest BCUT2D eigenvalue weighted by molar-refractivity contribution is 5.04. The molecule has 0 fully saturated rings. The third-order valence-corrected chi connectivity index (χ3v) is 2.47. The van der Waals surface area contributed by atoms with Crippen LogP contribution in [-0.2, 0) is 0 Å². The van der Waals surface area contributed by atoms with E-state index in [4.69, 9.17) is 0 Å². The Morgan fingerprint density at radius 3 is 2.20 bits per heavy atom. The Labute approximate surface area is 95.8 Å². The van der Waals surface area contributed by atoms with Crippen LogP contribution in [0, 0.1) is 6.92 Å². The highest BCUT2D eigenvalue weighted by atomic mass is 14.0. The summed E-state index contributed by atoms with van der Waals surface area (Å²) in [5, 5.41) is 0. The molecule has 0 saturated carbocycles. The monoisotopic (exact) mass is 205 g/mol. The molecular formula is C15H25. The van der Waals surface area contributed by atoms with Crippen molar-refractivity contribution in [1.82, 2.24) is 0 Å². The van der Waals surface area contributed by atoms with Gasteiger partial charge in [0.2, 0.25) is 0 Å².